The number of carbonyl (C=O) groups excluding carboxylic acids is 1. The molecule has 1 aliphatic rings. The van der Waals surface area contributed by atoms with Gasteiger partial charge in [0, 0.05) is 30.3 Å². The first-order chi connectivity index (χ1) is 19.7. The lowest BCUT2D eigenvalue weighted by atomic mass is 9.96. The van der Waals surface area contributed by atoms with Gasteiger partial charge in [-0.05, 0) is 95.6 Å². The van der Waals surface area contributed by atoms with Gasteiger partial charge in [0.2, 0.25) is 5.95 Å². The number of carbonyl (C=O) groups is 1. The van der Waals surface area contributed by atoms with Gasteiger partial charge < -0.3 is 15.4 Å². The minimum absolute atomic E-state index is 0.0103. The van der Waals surface area contributed by atoms with Gasteiger partial charge in [-0.15, -0.1) is 0 Å². The van der Waals surface area contributed by atoms with Crippen LogP contribution >= 0.6 is 0 Å². The summed E-state index contributed by atoms with van der Waals surface area (Å²) < 4.78 is 5.57. The van der Waals surface area contributed by atoms with Crippen LogP contribution in [0.4, 0.5) is 23.3 Å². The largest absolute Gasteiger partial charge is 0.460 e. The van der Waals surface area contributed by atoms with Crippen LogP contribution in [-0.2, 0) is 16.1 Å². The van der Waals surface area contributed by atoms with E-state index in [-0.39, 0.29) is 11.9 Å². The first-order valence-electron chi connectivity index (χ1n) is 13.9. The predicted octanol–water partition coefficient (Wildman–Crippen LogP) is 5.68. The fourth-order valence-corrected chi connectivity index (χ4v) is 4.63. The minimum atomic E-state index is -0.437. The van der Waals surface area contributed by atoms with Crippen molar-refractivity contribution in [2.75, 3.05) is 23.7 Å². The smallest absolute Gasteiger partial charge is 0.309 e. The highest BCUT2D eigenvalue weighted by molar-refractivity contribution is 5.73. The first-order valence-corrected chi connectivity index (χ1v) is 13.9. The predicted molar refractivity (Wildman–Crippen MR) is 159 cm³/mol. The molecule has 212 valence electrons. The maximum Gasteiger partial charge on any atom is 0.309 e. The number of ether oxygens (including phenoxy) is 1. The van der Waals surface area contributed by atoms with Crippen LogP contribution in [0.3, 0.4) is 0 Å². The van der Waals surface area contributed by atoms with Gasteiger partial charge in [0.15, 0.2) is 5.82 Å². The summed E-state index contributed by atoms with van der Waals surface area (Å²) in [5.74, 6) is 2.15. The third kappa shape index (κ3) is 8.04. The SMILES string of the molecule is Cc1cccc(-c2nccc(Nc3ccnc(Nc4ccc(CN5CCC(C(=O)OC(C)(C)C)CC5)cc4)n3)n2)n1. The molecule has 1 saturated heterocycles. The van der Waals surface area contributed by atoms with E-state index >= 15 is 0 Å². The molecule has 3 aromatic heterocycles. The number of hydrogen-bond donors (Lipinski definition) is 2. The normalized spacial score (nSPS) is 14.4. The van der Waals surface area contributed by atoms with E-state index in [9.17, 15) is 4.79 Å². The molecule has 41 heavy (non-hydrogen) atoms. The van der Waals surface area contributed by atoms with Gasteiger partial charge in [-0.1, -0.05) is 18.2 Å². The van der Waals surface area contributed by atoms with Crippen molar-refractivity contribution in [3.63, 3.8) is 0 Å². The van der Waals surface area contributed by atoms with E-state index in [1.54, 1.807) is 24.5 Å². The summed E-state index contributed by atoms with van der Waals surface area (Å²) >= 11 is 0. The Morgan fingerprint density at radius 2 is 1.61 bits per heavy atom. The van der Waals surface area contributed by atoms with Gasteiger partial charge in [0.1, 0.15) is 22.9 Å². The molecule has 0 radical (unpaired) electrons. The minimum Gasteiger partial charge on any atom is -0.460 e. The maximum atomic E-state index is 12.4. The Labute approximate surface area is 240 Å². The number of aromatic nitrogens is 5. The summed E-state index contributed by atoms with van der Waals surface area (Å²) in [5, 5.41) is 6.50. The summed E-state index contributed by atoms with van der Waals surface area (Å²) in [6.07, 6.45) is 5.04. The standard InChI is InChI=1S/C31H36N8O2/c1-21-6-5-7-25(34-21)28-32-16-12-26(37-28)36-27-13-17-33-30(38-27)35-24-10-8-22(9-11-24)20-39-18-14-23(15-19-39)29(40)41-31(2,3)4/h5-13,16-17,23H,14-15,18-20H2,1-4H3,(H2,32,33,35,36,37,38). The van der Waals surface area contributed by atoms with Gasteiger partial charge in [-0.3, -0.25) is 9.69 Å². The van der Waals surface area contributed by atoms with Gasteiger partial charge in [-0.2, -0.15) is 4.98 Å². The number of nitrogens with one attached hydrogen (secondary N) is 2. The monoisotopic (exact) mass is 552 g/mol. The molecule has 0 unspecified atom stereocenters. The van der Waals surface area contributed by atoms with E-state index in [2.05, 4.69) is 52.6 Å². The van der Waals surface area contributed by atoms with Crippen molar-refractivity contribution in [2.45, 2.75) is 52.7 Å². The summed E-state index contributed by atoms with van der Waals surface area (Å²) in [7, 11) is 0. The summed E-state index contributed by atoms with van der Waals surface area (Å²) in [5.41, 5.74) is 3.29. The Kier molecular flexibility index (Phi) is 8.49. The van der Waals surface area contributed by atoms with E-state index < -0.39 is 5.60 Å². The molecule has 1 fully saturated rings. The second-order valence-corrected chi connectivity index (χ2v) is 11.2. The second kappa shape index (κ2) is 12.4. The average molecular weight is 553 g/mol. The summed E-state index contributed by atoms with van der Waals surface area (Å²) in [6.45, 7) is 10.3. The summed E-state index contributed by atoms with van der Waals surface area (Å²) in [4.78, 5) is 37.2. The average Bonchev–Trinajstić information content (AvgIpc) is 2.94. The van der Waals surface area contributed by atoms with E-state index in [1.165, 1.54) is 5.56 Å². The lowest BCUT2D eigenvalue weighted by Gasteiger charge is -2.32. The molecule has 0 atom stereocenters. The molecule has 0 bridgehead atoms. The first kappa shape index (κ1) is 28.1. The van der Waals surface area contributed by atoms with Crippen LogP contribution in [0.25, 0.3) is 11.5 Å². The fraction of sp³-hybridized carbons (Fsp3) is 0.355. The number of nitrogens with zero attached hydrogens (tertiary/aromatic N) is 6. The molecule has 2 N–H and O–H groups in total. The molecule has 0 spiro atoms. The molecular weight excluding hydrogens is 516 g/mol. The molecule has 1 aliphatic heterocycles. The zero-order valence-corrected chi connectivity index (χ0v) is 24.0. The maximum absolute atomic E-state index is 12.4. The number of anilines is 4. The highest BCUT2D eigenvalue weighted by Gasteiger charge is 2.29. The Morgan fingerprint density at radius 1 is 0.902 bits per heavy atom. The molecule has 0 aliphatic carbocycles. The van der Waals surface area contributed by atoms with Crippen LogP contribution in [0.15, 0.2) is 67.0 Å². The van der Waals surface area contributed by atoms with Crippen molar-refractivity contribution in [3.05, 3.63) is 78.2 Å². The Hall–Kier alpha value is -4.44. The number of likely N-dealkylation sites (tertiary alicyclic amines) is 1. The fourth-order valence-electron chi connectivity index (χ4n) is 4.63. The van der Waals surface area contributed by atoms with Gasteiger partial charge in [-0.25, -0.2) is 19.9 Å². The van der Waals surface area contributed by atoms with Gasteiger partial charge in [0.25, 0.3) is 0 Å². The molecular formula is C31H36N8O2. The van der Waals surface area contributed by atoms with Crippen molar-refractivity contribution in [1.82, 2.24) is 29.8 Å². The third-order valence-electron chi connectivity index (χ3n) is 6.63. The Bertz CT molecular complexity index is 1480. The van der Waals surface area contributed by atoms with Crippen LogP contribution in [0, 0.1) is 12.8 Å². The van der Waals surface area contributed by atoms with E-state index in [0.717, 1.165) is 43.9 Å². The lowest BCUT2D eigenvalue weighted by molar-refractivity contribution is -0.161. The van der Waals surface area contributed by atoms with Crippen LogP contribution in [-0.4, -0.2) is 54.5 Å². The van der Waals surface area contributed by atoms with Crippen LogP contribution in [0.2, 0.25) is 0 Å². The van der Waals surface area contributed by atoms with Crippen molar-refractivity contribution in [2.24, 2.45) is 5.92 Å². The quantitative estimate of drug-likeness (QED) is 0.264. The number of esters is 1. The highest BCUT2D eigenvalue weighted by Crippen LogP contribution is 2.24. The molecule has 10 heteroatoms. The number of rotatable bonds is 8. The zero-order chi connectivity index (χ0) is 28.8. The molecule has 4 aromatic rings. The Morgan fingerprint density at radius 3 is 2.32 bits per heavy atom. The van der Waals surface area contributed by atoms with Crippen molar-refractivity contribution in [3.8, 4) is 11.5 Å². The van der Waals surface area contributed by atoms with Gasteiger partial charge >= 0.3 is 5.97 Å². The number of hydrogen-bond acceptors (Lipinski definition) is 10. The molecule has 5 rings (SSSR count). The molecule has 1 aromatic carbocycles. The molecule has 4 heterocycles. The van der Waals surface area contributed by atoms with E-state index in [4.69, 9.17) is 4.74 Å². The third-order valence-corrected chi connectivity index (χ3v) is 6.63. The van der Waals surface area contributed by atoms with Crippen LogP contribution in [0.5, 0.6) is 0 Å². The number of piperidine rings is 1. The zero-order valence-electron chi connectivity index (χ0n) is 24.0. The molecule has 0 saturated carbocycles. The van der Waals surface area contributed by atoms with E-state index in [0.29, 0.717) is 29.1 Å². The van der Waals surface area contributed by atoms with Crippen LogP contribution in [0.1, 0.15) is 44.9 Å². The summed E-state index contributed by atoms with van der Waals surface area (Å²) in [6, 6.07) is 17.6. The van der Waals surface area contributed by atoms with Crippen LogP contribution < -0.4 is 10.6 Å². The molecule has 0 amide bonds. The van der Waals surface area contributed by atoms with E-state index in [1.807, 2.05) is 58.0 Å². The lowest BCUT2D eigenvalue weighted by Crippen LogP contribution is -2.38. The highest BCUT2D eigenvalue weighted by atomic mass is 16.6. The van der Waals surface area contributed by atoms with Crippen molar-refractivity contribution < 1.29 is 9.53 Å². The number of aryl methyl sites for hydroxylation is 1. The topological polar surface area (TPSA) is 118 Å². The van der Waals surface area contributed by atoms with Crippen molar-refractivity contribution >= 4 is 29.2 Å². The number of pyridine rings is 1. The molecule has 10 nitrogen and oxygen atoms in total. The number of benzene rings is 1. The van der Waals surface area contributed by atoms with Gasteiger partial charge in [0.05, 0.1) is 5.92 Å². The Balaban J connectivity index is 1.14. The van der Waals surface area contributed by atoms with Crippen molar-refractivity contribution in [1.29, 1.82) is 0 Å². The second-order valence-electron chi connectivity index (χ2n) is 11.2.